The van der Waals surface area contributed by atoms with Crippen LogP contribution < -0.4 is 5.73 Å². The van der Waals surface area contributed by atoms with Gasteiger partial charge in [-0.2, -0.15) is 0 Å². The second kappa shape index (κ2) is 6.00. The van der Waals surface area contributed by atoms with Gasteiger partial charge in [-0.05, 0) is 19.3 Å². The fourth-order valence-corrected chi connectivity index (χ4v) is 2.26. The third-order valence-electron chi connectivity index (χ3n) is 3.37. The summed E-state index contributed by atoms with van der Waals surface area (Å²) in [6, 6.07) is 0. The average Bonchev–Trinajstić information content (AvgIpc) is 2.76. The number of carbonyl (C=O) groups excluding carboxylic acids is 2. The monoisotopic (exact) mass is 242 g/mol. The summed E-state index contributed by atoms with van der Waals surface area (Å²) in [5.41, 5.74) is 5.41. The minimum absolute atomic E-state index is 0.000124. The second-order valence-electron chi connectivity index (χ2n) is 4.77. The van der Waals surface area contributed by atoms with Crippen molar-refractivity contribution in [2.45, 2.75) is 44.1 Å². The molecule has 1 saturated carbocycles. The molecule has 0 aliphatic heterocycles. The summed E-state index contributed by atoms with van der Waals surface area (Å²) in [6.45, 7) is 0.548. The minimum Gasteiger partial charge on any atom is -0.469 e. The van der Waals surface area contributed by atoms with Crippen molar-refractivity contribution in [3.63, 3.8) is 0 Å². The first-order chi connectivity index (χ1) is 7.99. The smallest absolute Gasteiger partial charge is 0.305 e. The third kappa shape index (κ3) is 3.70. The summed E-state index contributed by atoms with van der Waals surface area (Å²) in [5.74, 6) is -0.242. The lowest BCUT2D eigenvalue weighted by Crippen LogP contribution is -2.52. The Balaban J connectivity index is 2.34. The number of likely N-dealkylation sites (N-methyl/N-ethyl adjacent to an activating group) is 1. The molecule has 0 aromatic carbocycles. The normalized spacial score (nSPS) is 17.8. The number of esters is 1. The Kier molecular flexibility index (Phi) is 4.93. The maximum atomic E-state index is 12.1. The zero-order valence-corrected chi connectivity index (χ0v) is 10.7. The van der Waals surface area contributed by atoms with Crippen LogP contribution in [-0.4, -0.2) is 43.0 Å². The van der Waals surface area contributed by atoms with Gasteiger partial charge in [0.05, 0.1) is 12.6 Å². The van der Waals surface area contributed by atoms with Gasteiger partial charge in [-0.3, -0.25) is 9.59 Å². The van der Waals surface area contributed by atoms with Gasteiger partial charge in [-0.15, -0.1) is 0 Å². The standard InChI is InChI=1S/C12H22N2O3/c1-14(9-5-6-10(15)17-2)11(16)12(13)7-3-4-8-12/h3-9,13H2,1-2H3. The maximum Gasteiger partial charge on any atom is 0.305 e. The molecule has 0 bridgehead atoms. The van der Waals surface area contributed by atoms with E-state index in [1.165, 1.54) is 7.11 Å². The van der Waals surface area contributed by atoms with Crippen LogP contribution in [0.3, 0.4) is 0 Å². The lowest BCUT2D eigenvalue weighted by Gasteiger charge is -2.28. The zero-order chi connectivity index (χ0) is 12.9. The molecule has 0 aromatic rings. The third-order valence-corrected chi connectivity index (χ3v) is 3.37. The van der Waals surface area contributed by atoms with Gasteiger partial charge in [-0.1, -0.05) is 12.8 Å². The van der Waals surface area contributed by atoms with Gasteiger partial charge in [0.1, 0.15) is 0 Å². The van der Waals surface area contributed by atoms with Crippen LogP contribution in [0.4, 0.5) is 0 Å². The van der Waals surface area contributed by atoms with E-state index in [4.69, 9.17) is 5.73 Å². The van der Waals surface area contributed by atoms with E-state index in [2.05, 4.69) is 4.74 Å². The van der Waals surface area contributed by atoms with E-state index in [9.17, 15) is 9.59 Å². The molecule has 1 amide bonds. The molecule has 1 rings (SSSR count). The molecule has 0 aromatic heterocycles. The Bertz CT molecular complexity index is 285. The van der Waals surface area contributed by atoms with E-state index in [0.717, 1.165) is 25.7 Å². The molecule has 0 atom stereocenters. The van der Waals surface area contributed by atoms with Gasteiger partial charge >= 0.3 is 5.97 Å². The summed E-state index contributed by atoms with van der Waals surface area (Å²) < 4.78 is 4.55. The van der Waals surface area contributed by atoms with Gasteiger partial charge in [0.25, 0.3) is 0 Å². The molecule has 17 heavy (non-hydrogen) atoms. The molecule has 1 aliphatic rings. The van der Waals surface area contributed by atoms with Crippen LogP contribution in [0.25, 0.3) is 0 Å². The Hall–Kier alpha value is -1.10. The number of methoxy groups -OCH3 is 1. The van der Waals surface area contributed by atoms with E-state index < -0.39 is 5.54 Å². The van der Waals surface area contributed by atoms with Crippen LogP contribution in [0.15, 0.2) is 0 Å². The van der Waals surface area contributed by atoms with E-state index in [0.29, 0.717) is 19.4 Å². The van der Waals surface area contributed by atoms with Crippen molar-refractivity contribution in [1.82, 2.24) is 4.90 Å². The van der Waals surface area contributed by atoms with E-state index in [1.807, 2.05) is 0 Å². The van der Waals surface area contributed by atoms with E-state index in [1.54, 1.807) is 11.9 Å². The summed E-state index contributed by atoms with van der Waals surface area (Å²) >= 11 is 0. The number of hydrogen-bond acceptors (Lipinski definition) is 4. The summed E-state index contributed by atoms with van der Waals surface area (Å²) in [4.78, 5) is 24.7. The largest absolute Gasteiger partial charge is 0.469 e. The number of rotatable bonds is 5. The second-order valence-corrected chi connectivity index (χ2v) is 4.77. The van der Waals surface area contributed by atoms with Crippen molar-refractivity contribution in [2.24, 2.45) is 5.73 Å². The Morgan fingerprint density at radius 1 is 1.35 bits per heavy atom. The zero-order valence-electron chi connectivity index (χ0n) is 10.7. The molecule has 1 fully saturated rings. The SMILES string of the molecule is COC(=O)CCCN(C)C(=O)C1(N)CCCC1. The Morgan fingerprint density at radius 2 is 1.94 bits per heavy atom. The highest BCUT2D eigenvalue weighted by molar-refractivity contribution is 5.86. The van der Waals surface area contributed by atoms with E-state index >= 15 is 0 Å². The number of nitrogens with two attached hydrogens (primary N) is 1. The Morgan fingerprint density at radius 3 is 2.47 bits per heavy atom. The van der Waals surface area contributed by atoms with Crippen molar-refractivity contribution < 1.29 is 14.3 Å². The van der Waals surface area contributed by atoms with Crippen molar-refractivity contribution in [3.8, 4) is 0 Å². The van der Waals surface area contributed by atoms with Crippen molar-refractivity contribution >= 4 is 11.9 Å². The van der Waals surface area contributed by atoms with Crippen molar-refractivity contribution in [2.75, 3.05) is 20.7 Å². The molecule has 0 radical (unpaired) electrons. The van der Waals surface area contributed by atoms with Gasteiger partial charge in [0.2, 0.25) is 5.91 Å². The average molecular weight is 242 g/mol. The van der Waals surface area contributed by atoms with Crippen LogP contribution in [0, 0.1) is 0 Å². The van der Waals surface area contributed by atoms with Gasteiger partial charge in [0.15, 0.2) is 0 Å². The van der Waals surface area contributed by atoms with Gasteiger partial charge in [-0.25, -0.2) is 0 Å². The molecule has 98 valence electrons. The van der Waals surface area contributed by atoms with Gasteiger partial charge < -0.3 is 15.4 Å². The van der Waals surface area contributed by atoms with Crippen LogP contribution in [0.1, 0.15) is 38.5 Å². The molecule has 0 unspecified atom stereocenters. The lowest BCUT2D eigenvalue weighted by atomic mass is 9.97. The highest BCUT2D eigenvalue weighted by atomic mass is 16.5. The molecular weight excluding hydrogens is 220 g/mol. The topological polar surface area (TPSA) is 72.6 Å². The first-order valence-corrected chi connectivity index (χ1v) is 6.11. The summed E-state index contributed by atoms with van der Waals surface area (Å²) in [7, 11) is 3.11. The molecule has 1 aliphatic carbocycles. The van der Waals surface area contributed by atoms with Gasteiger partial charge in [0, 0.05) is 20.0 Å². The van der Waals surface area contributed by atoms with Crippen LogP contribution in [-0.2, 0) is 14.3 Å². The van der Waals surface area contributed by atoms with Crippen molar-refractivity contribution in [1.29, 1.82) is 0 Å². The molecular formula is C12H22N2O3. The molecule has 0 spiro atoms. The maximum absolute atomic E-state index is 12.1. The molecule has 5 heteroatoms. The predicted molar refractivity (Wildman–Crippen MR) is 64.3 cm³/mol. The molecule has 0 heterocycles. The summed E-state index contributed by atoms with van der Waals surface area (Å²) in [5, 5.41) is 0. The fourth-order valence-electron chi connectivity index (χ4n) is 2.26. The number of ether oxygens (including phenoxy) is 1. The molecule has 5 nitrogen and oxygen atoms in total. The van der Waals surface area contributed by atoms with E-state index in [-0.39, 0.29) is 11.9 Å². The highest BCUT2D eigenvalue weighted by Gasteiger charge is 2.38. The van der Waals surface area contributed by atoms with Crippen LogP contribution in [0.2, 0.25) is 0 Å². The highest BCUT2D eigenvalue weighted by Crippen LogP contribution is 2.28. The minimum atomic E-state index is -0.667. The number of hydrogen-bond donors (Lipinski definition) is 1. The van der Waals surface area contributed by atoms with Crippen molar-refractivity contribution in [3.05, 3.63) is 0 Å². The first kappa shape index (κ1) is 14.0. The predicted octanol–water partition coefficient (Wildman–Crippen LogP) is 0.669. The van der Waals surface area contributed by atoms with Crippen LogP contribution in [0.5, 0.6) is 0 Å². The molecule has 0 saturated heterocycles. The summed E-state index contributed by atoms with van der Waals surface area (Å²) in [6.07, 6.45) is 4.55. The first-order valence-electron chi connectivity index (χ1n) is 6.11. The number of carbonyl (C=O) groups is 2. The lowest BCUT2D eigenvalue weighted by molar-refractivity contribution is -0.141. The molecule has 2 N–H and O–H groups in total. The quantitative estimate of drug-likeness (QED) is 0.719. The Labute approximate surface area is 102 Å². The fraction of sp³-hybridized carbons (Fsp3) is 0.833. The number of nitrogens with zero attached hydrogens (tertiary/aromatic N) is 1. The van der Waals surface area contributed by atoms with Crippen LogP contribution >= 0.6 is 0 Å². The number of amides is 1.